The fourth-order valence-corrected chi connectivity index (χ4v) is 5.44. The molecule has 0 saturated carbocycles. The number of nitrogens with zero attached hydrogens (tertiary/aromatic N) is 2. The summed E-state index contributed by atoms with van der Waals surface area (Å²) >= 11 is 1.82. The van der Waals surface area contributed by atoms with Crippen LogP contribution in [0.3, 0.4) is 0 Å². The van der Waals surface area contributed by atoms with Crippen molar-refractivity contribution in [2.75, 3.05) is 26.2 Å². The average molecular weight is 406 g/mol. The van der Waals surface area contributed by atoms with Crippen LogP contribution in [0.25, 0.3) is 0 Å². The van der Waals surface area contributed by atoms with Gasteiger partial charge in [-0.3, -0.25) is 9.69 Å². The first-order valence-corrected chi connectivity index (χ1v) is 10.4. The van der Waals surface area contributed by atoms with Crippen molar-refractivity contribution in [1.29, 1.82) is 0 Å². The summed E-state index contributed by atoms with van der Waals surface area (Å²) in [5, 5.41) is 2.16. The maximum Gasteiger partial charge on any atom is 0.237 e. The van der Waals surface area contributed by atoms with Crippen LogP contribution in [-0.2, 0) is 11.2 Å². The summed E-state index contributed by atoms with van der Waals surface area (Å²) in [6.07, 6.45) is 1.96. The van der Waals surface area contributed by atoms with Crippen LogP contribution in [0.2, 0.25) is 0 Å². The molecule has 6 heteroatoms. The van der Waals surface area contributed by atoms with Crippen molar-refractivity contribution < 1.29 is 4.79 Å². The Morgan fingerprint density at radius 1 is 1.22 bits per heavy atom. The van der Waals surface area contributed by atoms with E-state index in [0.29, 0.717) is 12.5 Å². The Hall–Kier alpha value is -1.40. The number of hydrogen-bond acceptors (Lipinski definition) is 4. The molecule has 1 aromatic carbocycles. The molecule has 1 amide bonds. The maximum absolute atomic E-state index is 13.1. The van der Waals surface area contributed by atoms with E-state index in [4.69, 9.17) is 5.73 Å². The van der Waals surface area contributed by atoms with Crippen LogP contribution in [0, 0.1) is 0 Å². The van der Waals surface area contributed by atoms with E-state index in [1.807, 2.05) is 17.4 Å². The molecule has 146 valence electrons. The molecular weight excluding hydrogens is 378 g/mol. The predicted octanol–water partition coefficient (Wildman–Crippen LogP) is 3.43. The van der Waals surface area contributed by atoms with Crippen LogP contribution >= 0.6 is 23.7 Å². The number of carbonyl (C=O) groups is 1. The second-order valence-corrected chi connectivity index (χ2v) is 8.44. The Bertz CT molecular complexity index is 766. The zero-order chi connectivity index (χ0) is 18.1. The first-order valence-electron chi connectivity index (χ1n) is 9.56. The van der Waals surface area contributed by atoms with Gasteiger partial charge in [0.05, 0.1) is 12.6 Å². The minimum atomic E-state index is 0. The second kappa shape index (κ2) is 8.74. The molecule has 1 aromatic heterocycles. The number of halogens is 1. The molecule has 1 unspecified atom stereocenters. The number of fused-ring (bicyclic) bond motifs is 1. The molecule has 4 nitrogen and oxygen atoms in total. The highest BCUT2D eigenvalue weighted by atomic mass is 35.5. The molecule has 1 saturated heterocycles. The summed E-state index contributed by atoms with van der Waals surface area (Å²) in [5.74, 6) is 0.561. The lowest BCUT2D eigenvalue weighted by Gasteiger charge is -2.36. The highest BCUT2D eigenvalue weighted by Gasteiger charge is 2.35. The normalized spacial score (nSPS) is 25.1. The monoisotopic (exact) mass is 405 g/mol. The number of likely N-dealkylation sites (tertiary alicyclic amines) is 1. The van der Waals surface area contributed by atoms with Crippen LogP contribution in [0.1, 0.15) is 41.3 Å². The molecule has 2 aliphatic rings. The Morgan fingerprint density at radius 2 is 2.00 bits per heavy atom. The first-order chi connectivity index (χ1) is 12.7. The predicted molar refractivity (Wildman–Crippen MR) is 114 cm³/mol. The fraction of sp³-hybridized carbons (Fsp3) is 0.476. The van der Waals surface area contributed by atoms with Crippen LogP contribution in [0.5, 0.6) is 0 Å². The molecule has 27 heavy (non-hydrogen) atoms. The Morgan fingerprint density at radius 3 is 2.74 bits per heavy atom. The molecule has 1 fully saturated rings. The number of thiophene rings is 1. The molecule has 4 rings (SSSR count). The summed E-state index contributed by atoms with van der Waals surface area (Å²) in [6, 6.07) is 13.0. The van der Waals surface area contributed by atoms with E-state index in [0.717, 1.165) is 32.5 Å². The van der Waals surface area contributed by atoms with Crippen molar-refractivity contribution in [2.45, 2.75) is 37.8 Å². The van der Waals surface area contributed by atoms with Crippen molar-refractivity contribution in [2.24, 2.45) is 5.73 Å². The quantitative estimate of drug-likeness (QED) is 0.847. The van der Waals surface area contributed by atoms with Gasteiger partial charge in [0.15, 0.2) is 0 Å². The molecule has 0 bridgehead atoms. The number of hydrogen-bond donors (Lipinski definition) is 1. The highest BCUT2D eigenvalue weighted by Crippen LogP contribution is 2.35. The molecule has 3 atom stereocenters. The third kappa shape index (κ3) is 4.06. The zero-order valence-corrected chi connectivity index (χ0v) is 17.3. The van der Waals surface area contributed by atoms with Crippen LogP contribution in [0.4, 0.5) is 0 Å². The average Bonchev–Trinajstić information content (AvgIpc) is 3.27. The minimum Gasteiger partial charge on any atom is -0.334 e. The number of benzene rings is 1. The Kier molecular flexibility index (Phi) is 6.58. The van der Waals surface area contributed by atoms with Gasteiger partial charge in [-0.15, -0.1) is 23.7 Å². The van der Waals surface area contributed by atoms with Gasteiger partial charge in [0.25, 0.3) is 0 Å². The van der Waals surface area contributed by atoms with Crippen LogP contribution < -0.4 is 5.73 Å². The van der Waals surface area contributed by atoms with E-state index in [1.165, 1.54) is 16.0 Å². The van der Waals surface area contributed by atoms with Gasteiger partial charge in [0.2, 0.25) is 5.91 Å². The van der Waals surface area contributed by atoms with E-state index >= 15 is 0 Å². The van der Waals surface area contributed by atoms with Gasteiger partial charge in [0.1, 0.15) is 0 Å². The van der Waals surface area contributed by atoms with E-state index in [-0.39, 0.29) is 30.4 Å². The van der Waals surface area contributed by atoms with Gasteiger partial charge in [0, 0.05) is 36.5 Å². The molecule has 2 aliphatic heterocycles. The van der Waals surface area contributed by atoms with Crippen molar-refractivity contribution in [3.05, 3.63) is 57.8 Å². The third-order valence-corrected chi connectivity index (χ3v) is 6.83. The summed E-state index contributed by atoms with van der Waals surface area (Å²) in [5.41, 5.74) is 9.03. The lowest BCUT2D eigenvalue weighted by Crippen LogP contribution is -2.44. The van der Waals surface area contributed by atoms with E-state index in [1.54, 1.807) is 0 Å². The van der Waals surface area contributed by atoms with E-state index in [2.05, 4.69) is 52.4 Å². The summed E-state index contributed by atoms with van der Waals surface area (Å²) in [6.45, 7) is 5.15. The number of amides is 1. The number of nitrogens with two attached hydrogens (primary N) is 1. The molecule has 0 aliphatic carbocycles. The summed E-state index contributed by atoms with van der Waals surface area (Å²) < 4.78 is 0. The van der Waals surface area contributed by atoms with E-state index in [9.17, 15) is 4.79 Å². The Labute approximate surface area is 171 Å². The van der Waals surface area contributed by atoms with Crippen molar-refractivity contribution in [3.8, 4) is 0 Å². The third-order valence-electron chi connectivity index (χ3n) is 5.83. The molecule has 2 aromatic rings. The van der Waals surface area contributed by atoms with Gasteiger partial charge in [-0.05, 0) is 35.4 Å². The van der Waals surface area contributed by atoms with Gasteiger partial charge in [-0.2, -0.15) is 0 Å². The van der Waals surface area contributed by atoms with Gasteiger partial charge in [-0.25, -0.2) is 0 Å². The standard InChI is InChI=1S/C21H27N3OS.ClH/c1-2-19-16-9-11-26-20(16)8-10-24(19)21(25)14-23-12-17(18(22)13-23)15-6-4-3-5-7-15;/h3-7,9,11,17-19H,2,8,10,12-14,22H2,1H3;1H/t17-,18+,19?;/m0./s1. The lowest BCUT2D eigenvalue weighted by atomic mass is 9.95. The maximum atomic E-state index is 13.1. The SMILES string of the molecule is CCC1c2ccsc2CCN1C(=O)CN1C[C@@H](N)[C@H](c2ccccc2)C1.Cl. The van der Waals surface area contributed by atoms with Crippen molar-refractivity contribution in [1.82, 2.24) is 9.80 Å². The van der Waals surface area contributed by atoms with Crippen molar-refractivity contribution >= 4 is 29.7 Å². The minimum absolute atomic E-state index is 0. The molecule has 2 N–H and O–H groups in total. The Balaban J connectivity index is 0.00000210. The van der Waals surface area contributed by atoms with E-state index < -0.39 is 0 Å². The number of rotatable bonds is 4. The van der Waals surface area contributed by atoms with Gasteiger partial charge >= 0.3 is 0 Å². The summed E-state index contributed by atoms with van der Waals surface area (Å²) in [4.78, 5) is 18.8. The van der Waals surface area contributed by atoms with Crippen molar-refractivity contribution in [3.63, 3.8) is 0 Å². The lowest BCUT2D eigenvalue weighted by molar-refractivity contribution is -0.135. The molecule has 0 spiro atoms. The zero-order valence-electron chi connectivity index (χ0n) is 15.7. The number of carbonyl (C=O) groups excluding carboxylic acids is 1. The molecule has 3 heterocycles. The highest BCUT2D eigenvalue weighted by molar-refractivity contribution is 7.10. The smallest absolute Gasteiger partial charge is 0.237 e. The van der Waals surface area contributed by atoms with Gasteiger partial charge < -0.3 is 10.6 Å². The van der Waals surface area contributed by atoms with Crippen LogP contribution in [0.15, 0.2) is 41.8 Å². The second-order valence-electron chi connectivity index (χ2n) is 7.44. The largest absolute Gasteiger partial charge is 0.334 e. The fourth-order valence-electron chi connectivity index (χ4n) is 4.51. The summed E-state index contributed by atoms with van der Waals surface area (Å²) in [7, 11) is 0. The molecular formula is C21H28ClN3OS. The first kappa shape index (κ1) is 20.3. The van der Waals surface area contributed by atoms with Gasteiger partial charge in [-0.1, -0.05) is 37.3 Å². The topological polar surface area (TPSA) is 49.6 Å². The van der Waals surface area contributed by atoms with Crippen LogP contribution in [-0.4, -0.2) is 47.9 Å². The molecule has 0 radical (unpaired) electrons.